The van der Waals surface area contributed by atoms with E-state index in [1.54, 1.807) is 5.57 Å². The second-order valence-corrected chi connectivity index (χ2v) is 7.00. The fraction of sp³-hybridized carbons (Fsp3) is 0.478. The van der Waals surface area contributed by atoms with Gasteiger partial charge in [0.25, 0.3) is 0 Å². The molecular formula is C23H31NO. The maximum atomic E-state index is 6.08. The zero-order chi connectivity index (χ0) is 17.3. The van der Waals surface area contributed by atoms with Crippen LogP contribution in [0.5, 0.6) is 5.75 Å². The molecule has 0 atom stereocenters. The molecule has 0 fully saturated rings. The summed E-state index contributed by atoms with van der Waals surface area (Å²) in [6, 6.07) is 12.9. The van der Waals surface area contributed by atoms with Crippen molar-refractivity contribution in [3.63, 3.8) is 0 Å². The Morgan fingerprint density at radius 1 is 1.08 bits per heavy atom. The number of unbranched alkanes of at least 4 members (excludes halogenated alkanes) is 1. The highest BCUT2D eigenvalue weighted by atomic mass is 16.5. The molecule has 0 bridgehead atoms. The van der Waals surface area contributed by atoms with E-state index in [9.17, 15) is 0 Å². The summed E-state index contributed by atoms with van der Waals surface area (Å²) < 4.78 is 6.08. The molecule has 1 aliphatic carbocycles. The van der Waals surface area contributed by atoms with Gasteiger partial charge in [0.05, 0.1) is 6.61 Å². The molecular weight excluding hydrogens is 306 g/mol. The minimum atomic E-state index is 0.800. The smallest absolute Gasteiger partial charge is 0.124 e. The number of hydrogen-bond acceptors (Lipinski definition) is 2. The van der Waals surface area contributed by atoms with Gasteiger partial charge in [-0.15, -0.1) is 0 Å². The average molecular weight is 338 g/mol. The Morgan fingerprint density at radius 2 is 2.00 bits per heavy atom. The number of fused-ring (bicyclic) bond motifs is 1. The van der Waals surface area contributed by atoms with Crippen molar-refractivity contribution in [3.05, 3.63) is 53.6 Å². The maximum Gasteiger partial charge on any atom is 0.124 e. The number of allylic oxidation sites excluding steroid dienone is 1. The summed E-state index contributed by atoms with van der Waals surface area (Å²) in [7, 11) is 0. The third-order valence-electron chi connectivity index (χ3n) is 5.06. The Kier molecular flexibility index (Phi) is 6.93. The van der Waals surface area contributed by atoms with E-state index in [2.05, 4.69) is 54.7 Å². The van der Waals surface area contributed by atoms with Crippen LogP contribution in [0, 0.1) is 0 Å². The van der Waals surface area contributed by atoms with Crippen molar-refractivity contribution >= 4 is 10.8 Å². The third kappa shape index (κ3) is 5.09. The van der Waals surface area contributed by atoms with Crippen LogP contribution in [0.25, 0.3) is 10.8 Å². The summed E-state index contributed by atoms with van der Waals surface area (Å²) in [6.07, 6.45) is 11.2. The van der Waals surface area contributed by atoms with Crippen molar-refractivity contribution < 1.29 is 4.74 Å². The molecule has 1 N–H and O–H groups in total. The molecule has 25 heavy (non-hydrogen) atoms. The second-order valence-electron chi connectivity index (χ2n) is 7.00. The van der Waals surface area contributed by atoms with Gasteiger partial charge >= 0.3 is 0 Å². The number of ether oxygens (including phenoxy) is 1. The van der Waals surface area contributed by atoms with E-state index < -0.39 is 0 Å². The van der Waals surface area contributed by atoms with E-state index in [4.69, 9.17) is 4.74 Å². The molecule has 0 saturated heterocycles. The van der Waals surface area contributed by atoms with Gasteiger partial charge in [-0.2, -0.15) is 0 Å². The quantitative estimate of drug-likeness (QED) is 0.447. The first-order valence-corrected chi connectivity index (χ1v) is 9.90. The Morgan fingerprint density at radius 3 is 2.84 bits per heavy atom. The van der Waals surface area contributed by atoms with Crippen molar-refractivity contribution in [3.8, 4) is 5.75 Å². The van der Waals surface area contributed by atoms with Crippen molar-refractivity contribution in [1.29, 1.82) is 0 Å². The van der Waals surface area contributed by atoms with E-state index in [0.29, 0.717) is 0 Å². The highest BCUT2D eigenvalue weighted by Crippen LogP contribution is 2.28. The predicted molar refractivity (Wildman–Crippen MR) is 107 cm³/mol. The summed E-state index contributed by atoms with van der Waals surface area (Å²) in [4.78, 5) is 0. The first-order chi connectivity index (χ1) is 12.4. The molecule has 0 heterocycles. The van der Waals surface area contributed by atoms with Crippen LogP contribution in [0.1, 0.15) is 57.4 Å². The molecule has 2 heteroatoms. The summed E-state index contributed by atoms with van der Waals surface area (Å²) in [6.45, 7) is 4.92. The van der Waals surface area contributed by atoms with Crippen LogP contribution in [-0.2, 0) is 6.54 Å². The lowest BCUT2D eigenvalue weighted by Gasteiger charge is -2.16. The monoisotopic (exact) mass is 337 g/mol. The van der Waals surface area contributed by atoms with Gasteiger partial charge in [0.15, 0.2) is 0 Å². The summed E-state index contributed by atoms with van der Waals surface area (Å²) in [5.74, 6) is 1.04. The normalized spacial score (nSPS) is 14.5. The highest BCUT2D eigenvalue weighted by Gasteiger charge is 2.09. The van der Waals surface area contributed by atoms with Crippen molar-refractivity contribution in [2.75, 3.05) is 13.2 Å². The molecule has 0 spiro atoms. The SMILES string of the molecule is CCCCOc1ccc2ccccc2c1CNCCC1=CCCCC1. The predicted octanol–water partition coefficient (Wildman–Crippen LogP) is 6.00. The number of rotatable bonds is 9. The molecule has 2 aromatic carbocycles. The number of nitrogens with one attached hydrogen (secondary N) is 1. The van der Waals surface area contributed by atoms with E-state index >= 15 is 0 Å². The Bertz CT molecular complexity index is 704. The van der Waals surface area contributed by atoms with Crippen LogP contribution in [0.2, 0.25) is 0 Å². The topological polar surface area (TPSA) is 21.3 Å². The fourth-order valence-corrected chi connectivity index (χ4v) is 3.55. The van der Waals surface area contributed by atoms with E-state index in [1.807, 2.05) is 0 Å². The van der Waals surface area contributed by atoms with Crippen LogP contribution in [-0.4, -0.2) is 13.2 Å². The molecule has 2 nitrogen and oxygen atoms in total. The molecule has 2 aromatic rings. The molecule has 0 aliphatic heterocycles. The van der Waals surface area contributed by atoms with Crippen LogP contribution >= 0.6 is 0 Å². The van der Waals surface area contributed by atoms with Gasteiger partial charge in [-0.25, -0.2) is 0 Å². The van der Waals surface area contributed by atoms with E-state index in [-0.39, 0.29) is 0 Å². The Hall–Kier alpha value is -1.80. The Labute approximate surface area is 152 Å². The van der Waals surface area contributed by atoms with Crippen LogP contribution in [0.4, 0.5) is 0 Å². The van der Waals surface area contributed by atoms with Gasteiger partial charge in [0, 0.05) is 12.1 Å². The van der Waals surface area contributed by atoms with Crippen molar-refractivity contribution in [1.82, 2.24) is 5.32 Å². The van der Waals surface area contributed by atoms with Gasteiger partial charge < -0.3 is 10.1 Å². The van der Waals surface area contributed by atoms with Gasteiger partial charge in [0.1, 0.15) is 5.75 Å². The Balaban J connectivity index is 1.66. The molecule has 1 aliphatic rings. The van der Waals surface area contributed by atoms with Crippen molar-refractivity contribution in [2.45, 2.75) is 58.4 Å². The summed E-state index contributed by atoms with van der Waals surface area (Å²) in [5, 5.41) is 6.25. The first-order valence-electron chi connectivity index (χ1n) is 9.90. The number of hydrogen-bond donors (Lipinski definition) is 1. The van der Waals surface area contributed by atoms with Gasteiger partial charge in [-0.3, -0.25) is 0 Å². The average Bonchev–Trinajstić information content (AvgIpc) is 2.67. The largest absolute Gasteiger partial charge is 0.493 e. The van der Waals surface area contributed by atoms with Crippen LogP contribution < -0.4 is 10.1 Å². The molecule has 0 radical (unpaired) electrons. The van der Waals surface area contributed by atoms with E-state index in [1.165, 1.54) is 48.4 Å². The lowest BCUT2D eigenvalue weighted by Crippen LogP contribution is -2.17. The zero-order valence-electron chi connectivity index (χ0n) is 15.5. The maximum absolute atomic E-state index is 6.08. The minimum Gasteiger partial charge on any atom is -0.493 e. The second kappa shape index (κ2) is 9.62. The molecule has 0 amide bonds. The summed E-state index contributed by atoms with van der Waals surface area (Å²) in [5.41, 5.74) is 2.93. The lowest BCUT2D eigenvalue weighted by atomic mass is 9.97. The first kappa shape index (κ1) is 18.0. The van der Waals surface area contributed by atoms with E-state index in [0.717, 1.165) is 38.3 Å². The minimum absolute atomic E-state index is 0.800. The molecule has 0 aromatic heterocycles. The van der Waals surface area contributed by atoms with Gasteiger partial charge in [0.2, 0.25) is 0 Å². The zero-order valence-corrected chi connectivity index (χ0v) is 15.5. The van der Waals surface area contributed by atoms with Crippen molar-refractivity contribution in [2.24, 2.45) is 0 Å². The molecule has 3 rings (SSSR count). The highest BCUT2D eigenvalue weighted by molar-refractivity contribution is 5.87. The molecule has 0 saturated carbocycles. The lowest BCUT2D eigenvalue weighted by molar-refractivity contribution is 0.306. The molecule has 134 valence electrons. The van der Waals surface area contributed by atoms with Crippen LogP contribution in [0.3, 0.4) is 0 Å². The van der Waals surface area contributed by atoms with Gasteiger partial charge in [-0.05, 0) is 61.9 Å². The fourth-order valence-electron chi connectivity index (χ4n) is 3.55. The van der Waals surface area contributed by atoms with Gasteiger partial charge in [-0.1, -0.05) is 55.3 Å². The third-order valence-corrected chi connectivity index (χ3v) is 5.06. The van der Waals surface area contributed by atoms with Crippen LogP contribution in [0.15, 0.2) is 48.0 Å². The molecule has 0 unspecified atom stereocenters. The summed E-state index contributed by atoms with van der Waals surface area (Å²) >= 11 is 0. The number of benzene rings is 2. The standard InChI is InChI=1S/C23H31NO/c1-2-3-17-25-23-14-13-20-11-7-8-12-21(20)22(23)18-24-16-15-19-9-5-4-6-10-19/h7-9,11-14,24H,2-6,10,15-18H2,1H3.